The molecule has 0 aliphatic carbocycles. The molecule has 20 heavy (non-hydrogen) atoms. The summed E-state index contributed by atoms with van der Waals surface area (Å²) < 4.78 is 13.0. The van der Waals surface area contributed by atoms with Gasteiger partial charge in [0.15, 0.2) is 0 Å². The number of carbonyl (C=O) groups excluding carboxylic acids is 2. The van der Waals surface area contributed by atoms with E-state index in [0.29, 0.717) is 13.0 Å². The van der Waals surface area contributed by atoms with Gasteiger partial charge in [0.05, 0.1) is 0 Å². The highest BCUT2D eigenvalue weighted by Gasteiger charge is 2.22. The van der Waals surface area contributed by atoms with Gasteiger partial charge in [0.1, 0.15) is 11.9 Å². The molecule has 0 unspecified atom stereocenters. The molecule has 0 bridgehead atoms. The molecule has 0 fully saturated rings. The average Bonchev–Trinajstić information content (AvgIpc) is 2.35. The number of hydrogen-bond donors (Lipinski definition) is 2. The lowest BCUT2D eigenvalue weighted by Gasteiger charge is -2.20. The van der Waals surface area contributed by atoms with Crippen LogP contribution in [0.4, 0.5) is 4.39 Å². The number of halogens is 1. The summed E-state index contributed by atoms with van der Waals surface area (Å²) in [6.07, 6.45) is 0.550. The smallest absolute Gasteiger partial charge is 0.242 e. The van der Waals surface area contributed by atoms with Crippen LogP contribution in [0.25, 0.3) is 0 Å². The van der Waals surface area contributed by atoms with E-state index in [1.165, 1.54) is 19.1 Å². The normalized spacial score (nSPS) is 12.1. The summed E-state index contributed by atoms with van der Waals surface area (Å²) in [6, 6.07) is 5.73. The van der Waals surface area contributed by atoms with Crippen LogP contribution in [0.1, 0.15) is 26.3 Å². The van der Waals surface area contributed by atoms with Gasteiger partial charge in [-0.15, -0.1) is 0 Å². The van der Waals surface area contributed by atoms with Gasteiger partial charge in [0.25, 0.3) is 0 Å². The van der Waals surface area contributed by atoms with E-state index in [2.05, 4.69) is 10.6 Å². The summed E-state index contributed by atoms with van der Waals surface area (Å²) in [5, 5.41) is 5.39. The summed E-state index contributed by atoms with van der Waals surface area (Å²) in [6.45, 7) is 5.53. The zero-order valence-electron chi connectivity index (χ0n) is 12.1. The molecule has 1 atom stereocenters. The molecular formula is C15H21FN2O2. The standard InChI is InChI=1S/C15H21FN2O2/c1-10(2)14(18-11(3)19)15(20)17-8-7-12-5-4-6-13(16)9-12/h4-6,9-10,14H,7-8H2,1-3H3,(H,17,20)(H,18,19)/t14-/m1/s1. The molecule has 1 aromatic rings. The molecule has 5 heteroatoms. The molecule has 1 aromatic carbocycles. The molecule has 0 spiro atoms. The molecule has 1 rings (SSSR count). The van der Waals surface area contributed by atoms with Crippen molar-refractivity contribution in [2.75, 3.05) is 6.54 Å². The highest BCUT2D eigenvalue weighted by atomic mass is 19.1. The van der Waals surface area contributed by atoms with Crippen molar-refractivity contribution in [3.05, 3.63) is 35.6 Å². The van der Waals surface area contributed by atoms with E-state index in [9.17, 15) is 14.0 Å². The first kappa shape index (κ1) is 16.1. The first-order valence-electron chi connectivity index (χ1n) is 6.69. The van der Waals surface area contributed by atoms with Gasteiger partial charge in [-0.3, -0.25) is 9.59 Å². The summed E-state index contributed by atoms with van der Waals surface area (Å²) in [5.74, 6) is -0.726. The zero-order chi connectivity index (χ0) is 15.1. The Hall–Kier alpha value is -1.91. The van der Waals surface area contributed by atoms with Crippen LogP contribution in [0.2, 0.25) is 0 Å². The predicted molar refractivity (Wildman–Crippen MR) is 75.6 cm³/mol. The Morgan fingerprint density at radius 1 is 1.30 bits per heavy atom. The second-order valence-electron chi connectivity index (χ2n) is 5.09. The van der Waals surface area contributed by atoms with Crippen molar-refractivity contribution in [1.29, 1.82) is 0 Å². The van der Waals surface area contributed by atoms with E-state index in [1.54, 1.807) is 6.07 Å². The predicted octanol–water partition coefficient (Wildman–Crippen LogP) is 1.65. The van der Waals surface area contributed by atoms with E-state index >= 15 is 0 Å². The van der Waals surface area contributed by atoms with Gasteiger partial charge < -0.3 is 10.6 Å². The average molecular weight is 280 g/mol. The molecule has 2 N–H and O–H groups in total. The lowest BCUT2D eigenvalue weighted by atomic mass is 10.0. The Bertz CT molecular complexity index is 475. The summed E-state index contributed by atoms with van der Waals surface area (Å²) in [7, 11) is 0. The summed E-state index contributed by atoms with van der Waals surface area (Å²) >= 11 is 0. The molecular weight excluding hydrogens is 259 g/mol. The number of amides is 2. The van der Waals surface area contributed by atoms with Crippen LogP contribution in [-0.4, -0.2) is 24.4 Å². The number of carbonyl (C=O) groups is 2. The van der Waals surface area contributed by atoms with Crippen LogP contribution in [0.5, 0.6) is 0 Å². The van der Waals surface area contributed by atoms with Crippen molar-refractivity contribution in [3.63, 3.8) is 0 Å². The first-order valence-corrected chi connectivity index (χ1v) is 6.69. The number of benzene rings is 1. The van der Waals surface area contributed by atoms with Crippen LogP contribution >= 0.6 is 0 Å². The zero-order valence-corrected chi connectivity index (χ0v) is 12.1. The van der Waals surface area contributed by atoms with E-state index < -0.39 is 6.04 Å². The quantitative estimate of drug-likeness (QED) is 0.832. The fraction of sp³-hybridized carbons (Fsp3) is 0.467. The minimum Gasteiger partial charge on any atom is -0.354 e. The molecule has 4 nitrogen and oxygen atoms in total. The summed E-state index contributed by atoms with van der Waals surface area (Å²) in [4.78, 5) is 23.0. The number of hydrogen-bond acceptors (Lipinski definition) is 2. The monoisotopic (exact) mass is 280 g/mol. The Labute approximate surface area is 118 Å². The molecule has 2 amide bonds. The second-order valence-corrected chi connectivity index (χ2v) is 5.09. The van der Waals surface area contributed by atoms with Crippen molar-refractivity contribution >= 4 is 11.8 Å². The summed E-state index contributed by atoms with van der Waals surface area (Å²) in [5.41, 5.74) is 0.825. The molecule has 110 valence electrons. The third kappa shape index (κ3) is 5.38. The fourth-order valence-corrected chi connectivity index (χ4v) is 1.89. The van der Waals surface area contributed by atoms with E-state index in [-0.39, 0.29) is 23.5 Å². The Kier molecular flexibility index (Phi) is 6.15. The third-order valence-corrected chi connectivity index (χ3v) is 2.91. The van der Waals surface area contributed by atoms with Gasteiger partial charge >= 0.3 is 0 Å². The van der Waals surface area contributed by atoms with Crippen LogP contribution in [0.3, 0.4) is 0 Å². The van der Waals surface area contributed by atoms with Crippen LogP contribution in [0, 0.1) is 11.7 Å². The molecule has 0 heterocycles. The van der Waals surface area contributed by atoms with Crippen LogP contribution in [0.15, 0.2) is 24.3 Å². The number of nitrogens with one attached hydrogen (secondary N) is 2. The highest BCUT2D eigenvalue weighted by Crippen LogP contribution is 2.04. The van der Waals surface area contributed by atoms with Gasteiger partial charge in [-0.2, -0.15) is 0 Å². The lowest BCUT2D eigenvalue weighted by molar-refractivity contribution is -0.129. The first-order chi connectivity index (χ1) is 9.40. The van der Waals surface area contributed by atoms with Crippen molar-refractivity contribution in [2.45, 2.75) is 33.2 Å². The maximum Gasteiger partial charge on any atom is 0.242 e. The number of rotatable bonds is 6. The third-order valence-electron chi connectivity index (χ3n) is 2.91. The van der Waals surface area contributed by atoms with E-state index in [0.717, 1.165) is 5.56 Å². The van der Waals surface area contributed by atoms with Crippen molar-refractivity contribution < 1.29 is 14.0 Å². The lowest BCUT2D eigenvalue weighted by Crippen LogP contribution is -2.49. The largest absolute Gasteiger partial charge is 0.354 e. The minimum atomic E-state index is -0.542. The van der Waals surface area contributed by atoms with Crippen molar-refractivity contribution in [1.82, 2.24) is 10.6 Å². The van der Waals surface area contributed by atoms with Crippen molar-refractivity contribution in [3.8, 4) is 0 Å². The highest BCUT2D eigenvalue weighted by molar-refractivity contribution is 5.87. The van der Waals surface area contributed by atoms with Gasteiger partial charge in [-0.1, -0.05) is 26.0 Å². The Morgan fingerprint density at radius 2 is 2.00 bits per heavy atom. The van der Waals surface area contributed by atoms with Gasteiger partial charge in [0.2, 0.25) is 11.8 Å². The van der Waals surface area contributed by atoms with E-state index in [4.69, 9.17) is 0 Å². The molecule has 0 aliphatic heterocycles. The van der Waals surface area contributed by atoms with Gasteiger partial charge in [0, 0.05) is 13.5 Å². The fourth-order valence-electron chi connectivity index (χ4n) is 1.89. The maximum atomic E-state index is 13.0. The van der Waals surface area contributed by atoms with Crippen LogP contribution < -0.4 is 10.6 Å². The topological polar surface area (TPSA) is 58.2 Å². The molecule has 0 saturated carbocycles. The SMILES string of the molecule is CC(=O)N[C@@H](C(=O)NCCc1cccc(F)c1)C(C)C. The van der Waals surface area contributed by atoms with Crippen molar-refractivity contribution in [2.24, 2.45) is 5.92 Å². The molecule has 0 aliphatic rings. The Morgan fingerprint density at radius 3 is 2.55 bits per heavy atom. The molecule has 0 radical (unpaired) electrons. The van der Waals surface area contributed by atoms with E-state index in [1.807, 2.05) is 19.9 Å². The maximum absolute atomic E-state index is 13.0. The van der Waals surface area contributed by atoms with Gasteiger partial charge in [-0.05, 0) is 30.0 Å². The molecule has 0 saturated heterocycles. The van der Waals surface area contributed by atoms with Gasteiger partial charge in [-0.25, -0.2) is 4.39 Å². The second kappa shape index (κ2) is 7.62. The Balaban J connectivity index is 2.47. The van der Waals surface area contributed by atoms with Crippen LogP contribution in [-0.2, 0) is 16.0 Å². The minimum absolute atomic E-state index is 0.00747. The molecule has 0 aromatic heterocycles.